The Hall–Kier alpha value is -0.430. The molecule has 5 nitrogen and oxygen atoms in total. The molecule has 1 unspecified atom stereocenters. The first-order valence-corrected chi connectivity index (χ1v) is 5.59. The van der Waals surface area contributed by atoms with E-state index in [1.807, 2.05) is 0 Å². The van der Waals surface area contributed by atoms with Crippen molar-refractivity contribution in [2.45, 2.75) is 18.9 Å². The van der Waals surface area contributed by atoms with Gasteiger partial charge in [-0.1, -0.05) is 11.6 Å². The summed E-state index contributed by atoms with van der Waals surface area (Å²) in [5, 5.41) is 13.2. The van der Waals surface area contributed by atoms with Crippen LogP contribution < -0.4 is 5.32 Å². The summed E-state index contributed by atoms with van der Waals surface area (Å²) in [6.45, 7) is 2.60. The Kier molecular flexibility index (Phi) is 4.72. The van der Waals surface area contributed by atoms with Crippen molar-refractivity contribution >= 4 is 29.1 Å². The predicted octanol–water partition coefficient (Wildman–Crippen LogP) is 1.39. The van der Waals surface area contributed by atoms with Crippen molar-refractivity contribution in [2.75, 3.05) is 25.6 Å². The molecule has 0 fully saturated rings. The van der Waals surface area contributed by atoms with E-state index >= 15 is 0 Å². The highest BCUT2D eigenvalue weighted by atomic mass is 35.5. The average molecular weight is 252 g/mol. The molecule has 2 N–H and O–H groups in total. The van der Waals surface area contributed by atoms with E-state index < -0.39 is 5.60 Å². The summed E-state index contributed by atoms with van der Waals surface area (Å²) in [5.74, 6) is 0.513. The van der Waals surface area contributed by atoms with Crippen LogP contribution in [0.15, 0.2) is 0 Å². The Morgan fingerprint density at radius 1 is 1.60 bits per heavy atom. The molecule has 0 spiro atoms. The lowest BCUT2D eigenvalue weighted by molar-refractivity contribution is 0.0357. The van der Waals surface area contributed by atoms with E-state index in [-0.39, 0.29) is 0 Å². The molecule has 0 aliphatic rings. The van der Waals surface area contributed by atoms with E-state index in [1.165, 1.54) is 0 Å². The normalized spacial score (nSPS) is 14.9. The number of rotatable bonds is 6. The summed E-state index contributed by atoms with van der Waals surface area (Å²) in [6, 6.07) is 0. The molecule has 15 heavy (non-hydrogen) atoms. The van der Waals surface area contributed by atoms with E-state index in [0.29, 0.717) is 30.5 Å². The number of anilines is 1. The van der Waals surface area contributed by atoms with E-state index in [0.717, 1.165) is 11.7 Å². The van der Waals surface area contributed by atoms with Crippen LogP contribution in [0.3, 0.4) is 0 Å². The Labute approximate surface area is 97.7 Å². The minimum atomic E-state index is -0.844. The van der Waals surface area contributed by atoms with Crippen LogP contribution in [0.25, 0.3) is 0 Å². The van der Waals surface area contributed by atoms with E-state index in [2.05, 4.69) is 14.1 Å². The summed E-state index contributed by atoms with van der Waals surface area (Å²) in [5.41, 5.74) is -0.844. The number of aliphatic hydroxyl groups is 1. The largest absolute Gasteiger partial charge is 0.388 e. The quantitative estimate of drug-likeness (QED) is 0.800. The van der Waals surface area contributed by atoms with Gasteiger partial charge in [-0.15, -0.1) is 0 Å². The Balaban J connectivity index is 2.39. The van der Waals surface area contributed by atoms with Gasteiger partial charge in [0.05, 0.1) is 17.3 Å². The molecule has 0 saturated carbocycles. The van der Waals surface area contributed by atoms with Gasteiger partial charge in [0.15, 0.2) is 11.0 Å². The van der Waals surface area contributed by atoms with Gasteiger partial charge in [-0.3, -0.25) is 0 Å². The zero-order chi connectivity index (χ0) is 11.3. The highest BCUT2D eigenvalue weighted by Crippen LogP contribution is 2.19. The second-order valence-corrected chi connectivity index (χ2v) is 4.38. The maximum Gasteiger partial charge on any atom is 0.186 e. The smallest absolute Gasteiger partial charge is 0.186 e. The molecule has 0 radical (unpaired) electrons. The molecule has 1 heterocycles. The molecular weight excluding hydrogens is 238 g/mol. The Morgan fingerprint density at radius 3 is 2.87 bits per heavy atom. The number of aromatic nitrogens is 2. The number of ether oxygens (including phenoxy) is 1. The fourth-order valence-electron chi connectivity index (χ4n) is 0.968. The molecular formula is C8H14ClN3O2S. The summed E-state index contributed by atoms with van der Waals surface area (Å²) in [7, 11) is 1.60. The van der Waals surface area contributed by atoms with Crippen LogP contribution in [0, 0.1) is 0 Å². The van der Waals surface area contributed by atoms with E-state index in [9.17, 15) is 5.11 Å². The Morgan fingerprint density at radius 2 is 2.33 bits per heavy atom. The standard InChI is InChI=1S/C8H14ClN3O2S/c1-8(13,3-4-14-2)5-10-7-6(9)11-15-12-7/h13H,3-5H2,1-2H3,(H,10,12). The first-order valence-electron chi connectivity index (χ1n) is 4.48. The molecule has 1 aromatic heterocycles. The van der Waals surface area contributed by atoms with Gasteiger partial charge in [-0.05, 0) is 6.92 Å². The molecule has 0 aliphatic carbocycles. The van der Waals surface area contributed by atoms with Gasteiger partial charge in [0, 0.05) is 26.7 Å². The third-order valence-electron chi connectivity index (χ3n) is 1.93. The summed E-state index contributed by atoms with van der Waals surface area (Å²) in [6.07, 6.45) is 0.547. The van der Waals surface area contributed by atoms with E-state index in [4.69, 9.17) is 16.3 Å². The van der Waals surface area contributed by atoms with Crippen LogP contribution in [0.1, 0.15) is 13.3 Å². The lowest BCUT2D eigenvalue weighted by Crippen LogP contribution is -2.34. The van der Waals surface area contributed by atoms with Crippen LogP contribution in [-0.4, -0.2) is 39.7 Å². The fourth-order valence-corrected chi connectivity index (χ4v) is 1.65. The van der Waals surface area contributed by atoms with Crippen LogP contribution >= 0.6 is 23.3 Å². The maximum absolute atomic E-state index is 9.90. The fraction of sp³-hybridized carbons (Fsp3) is 0.750. The third kappa shape index (κ3) is 4.29. The van der Waals surface area contributed by atoms with Gasteiger partial charge in [0.1, 0.15) is 0 Å². The van der Waals surface area contributed by atoms with Crippen LogP contribution in [0.2, 0.25) is 5.15 Å². The topological polar surface area (TPSA) is 67.3 Å². The Bertz CT molecular complexity index is 306. The predicted molar refractivity (Wildman–Crippen MR) is 60.5 cm³/mol. The molecule has 1 rings (SSSR count). The molecule has 0 aromatic carbocycles. The number of halogens is 1. The number of methoxy groups -OCH3 is 1. The van der Waals surface area contributed by atoms with Crippen LogP contribution in [0.5, 0.6) is 0 Å². The van der Waals surface area contributed by atoms with Crippen molar-refractivity contribution in [1.82, 2.24) is 8.75 Å². The van der Waals surface area contributed by atoms with Crippen LogP contribution in [-0.2, 0) is 4.74 Å². The van der Waals surface area contributed by atoms with Crippen molar-refractivity contribution in [3.63, 3.8) is 0 Å². The lowest BCUT2D eigenvalue weighted by Gasteiger charge is -2.22. The number of hydrogen-bond acceptors (Lipinski definition) is 6. The van der Waals surface area contributed by atoms with Gasteiger partial charge in [-0.25, -0.2) is 0 Å². The van der Waals surface area contributed by atoms with Crippen LogP contribution in [0.4, 0.5) is 5.82 Å². The monoisotopic (exact) mass is 251 g/mol. The zero-order valence-corrected chi connectivity index (χ0v) is 10.2. The molecule has 0 saturated heterocycles. The van der Waals surface area contributed by atoms with Gasteiger partial charge in [0.25, 0.3) is 0 Å². The zero-order valence-electron chi connectivity index (χ0n) is 8.66. The number of hydrogen-bond donors (Lipinski definition) is 2. The molecule has 0 bridgehead atoms. The molecule has 0 amide bonds. The molecule has 0 aliphatic heterocycles. The first-order chi connectivity index (χ1) is 7.05. The van der Waals surface area contributed by atoms with Gasteiger partial charge < -0.3 is 15.2 Å². The maximum atomic E-state index is 9.90. The van der Waals surface area contributed by atoms with E-state index in [1.54, 1.807) is 14.0 Å². The second-order valence-electron chi connectivity index (χ2n) is 3.50. The highest BCUT2D eigenvalue weighted by Gasteiger charge is 2.20. The first kappa shape index (κ1) is 12.6. The van der Waals surface area contributed by atoms with Crippen molar-refractivity contribution in [3.8, 4) is 0 Å². The second kappa shape index (κ2) is 5.60. The molecule has 86 valence electrons. The molecule has 7 heteroatoms. The summed E-state index contributed by atoms with van der Waals surface area (Å²) >= 11 is 6.77. The minimum Gasteiger partial charge on any atom is -0.388 e. The average Bonchev–Trinajstić information content (AvgIpc) is 2.58. The lowest BCUT2D eigenvalue weighted by atomic mass is 10.0. The van der Waals surface area contributed by atoms with Crippen molar-refractivity contribution in [2.24, 2.45) is 0 Å². The van der Waals surface area contributed by atoms with Crippen molar-refractivity contribution < 1.29 is 9.84 Å². The third-order valence-corrected chi connectivity index (χ3v) is 2.82. The van der Waals surface area contributed by atoms with Gasteiger partial charge in [0.2, 0.25) is 0 Å². The SMILES string of the molecule is COCCC(C)(O)CNc1nsnc1Cl. The number of nitrogens with one attached hydrogen (secondary N) is 1. The summed E-state index contributed by atoms with van der Waals surface area (Å²) < 4.78 is 12.6. The highest BCUT2D eigenvalue weighted by molar-refractivity contribution is 6.99. The van der Waals surface area contributed by atoms with Crippen molar-refractivity contribution in [1.29, 1.82) is 0 Å². The summed E-state index contributed by atoms with van der Waals surface area (Å²) in [4.78, 5) is 0. The molecule has 1 atom stereocenters. The number of nitrogens with zero attached hydrogens (tertiary/aromatic N) is 2. The minimum absolute atomic E-state index is 0.336. The van der Waals surface area contributed by atoms with Crippen molar-refractivity contribution in [3.05, 3.63) is 5.15 Å². The van der Waals surface area contributed by atoms with Gasteiger partial charge in [-0.2, -0.15) is 8.75 Å². The van der Waals surface area contributed by atoms with Gasteiger partial charge >= 0.3 is 0 Å². The molecule has 1 aromatic rings.